The first-order chi connectivity index (χ1) is 17.9. The SMILES string of the molecule is CC1(C)CC(=O)C2C(=Nc3ccccc3N(C(=O)C(F)(F)F)C2c2ccc(-c3ccc([N+](=O)[O-])cc3)o2)C1. The minimum absolute atomic E-state index is 0.0292. The first-order valence-corrected chi connectivity index (χ1v) is 11.8. The van der Waals surface area contributed by atoms with Gasteiger partial charge in [0.1, 0.15) is 23.3 Å². The quantitative estimate of drug-likeness (QED) is 0.284. The molecule has 1 saturated carbocycles. The number of amides is 1. The summed E-state index contributed by atoms with van der Waals surface area (Å²) in [6, 6.07) is 12.9. The molecule has 196 valence electrons. The van der Waals surface area contributed by atoms with Crippen LogP contribution in [0.5, 0.6) is 0 Å². The highest BCUT2D eigenvalue weighted by Crippen LogP contribution is 2.49. The molecule has 1 aromatic heterocycles. The Kier molecular flexibility index (Phi) is 5.96. The smallest absolute Gasteiger partial charge is 0.459 e. The maximum absolute atomic E-state index is 14.0. The van der Waals surface area contributed by atoms with Crippen molar-refractivity contribution in [2.45, 2.75) is 38.9 Å². The predicted octanol–water partition coefficient (Wildman–Crippen LogP) is 6.58. The van der Waals surface area contributed by atoms with E-state index in [2.05, 4.69) is 4.99 Å². The van der Waals surface area contributed by atoms with Crippen molar-refractivity contribution in [2.75, 3.05) is 4.90 Å². The largest absolute Gasteiger partial charge is 0.471 e. The van der Waals surface area contributed by atoms with Gasteiger partial charge >= 0.3 is 12.1 Å². The number of furan rings is 1. The number of hydrogen-bond acceptors (Lipinski definition) is 6. The van der Waals surface area contributed by atoms with Gasteiger partial charge in [0.15, 0.2) is 0 Å². The zero-order valence-corrected chi connectivity index (χ0v) is 20.4. The number of nitrogens with zero attached hydrogens (tertiary/aromatic N) is 3. The summed E-state index contributed by atoms with van der Waals surface area (Å²) in [6.07, 6.45) is -4.80. The van der Waals surface area contributed by atoms with Crippen molar-refractivity contribution >= 4 is 34.5 Å². The second-order valence-corrected chi connectivity index (χ2v) is 10.2. The first kappa shape index (κ1) is 25.4. The van der Waals surface area contributed by atoms with Crippen molar-refractivity contribution < 1.29 is 32.1 Å². The number of ketones is 1. The Hall–Kier alpha value is -4.28. The molecular weight excluding hydrogens is 503 g/mol. The van der Waals surface area contributed by atoms with E-state index in [1.165, 1.54) is 54.6 Å². The van der Waals surface area contributed by atoms with E-state index in [0.29, 0.717) is 22.6 Å². The van der Waals surface area contributed by atoms with Gasteiger partial charge in [-0.2, -0.15) is 13.2 Å². The molecule has 2 aliphatic rings. The fourth-order valence-electron chi connectivity index (χ4n) is 5.19. The van der Waals surface area contributed by atoms with E-state index < -0.39 is 34.4 Å². The second kappa shape index (κ2) is 8.93. The van der Waals surface area contributed by atoms with Crippen LogP contribution in [-0.4, -0.2) is 28.5 Å². The van der Waals surface area contributed by atoms with Gasteiger partial charge in [0, 0.05) is 29.8 Å². The predicted molar refractivity (Wildman–Crippen MR) is 132 cm³/mol. The molecule has 0 bridgehead atoms. The number of halogens is 3. The highest BCUT2D eigenvalue weighted by Gasteiger charge is 2.53. The lowest BCUT2D eigenvalue weighted by Crippen LogP contribution is -2.50. The lowest BCUT2D eigenvalue weighted by molar-refractivity contribution is -0.384. The fourth-order valence-corrected chi connectivity index (χ4v) is 5.19. The summed E-state index contributed by atoms with van der Waals surface area (Å²) in [6.45, 7) is 3.77. The number of nitro benzene ring substituents is 1. The first-order valence-electron chi connectivity index (χ1n) is 11.8. The molecule has 38 heavy (non-hydrogen) atoms. The average Bonchev–Trinajstić information content (AvgIpc) is 3.27. The number of rotatable bonds is 3. The van der Waals surface area contributed by atoms with Gasteiger partial charge in [-0.05, 0) is 48.2 Å². The highest BCUT2D eigenvalue weighted by molar-refractivity contribution is 6.13. The van der Waals surface area contributed by atoms with Gasteiger partial charge in [-0.25, -0.2) is 0 Å². The standard InChI is InChI=1S/C27H22F3N3O5/c1-26(2)13-18-23(20(34)14-26)24(22-12-11-21(38-22)15-7-9-16(10-8-15)33(36)37)32(25(35)27(28,29)30)19-6-4-3-5-17(19)31-18/h3-12,23-24H,13-14H2,1-2H3. The van der Waals surface area contributed by atoms with E-state index in [-0.39, 0.29) is 40.8 Å². The summed E-state index contributed by atoms with van der Waals surface area (Å²) >= 11 is 0. The van der Waals surface area contributed by atoms with Crippen LogP contribution in [0.1, 0.15) is 38.5 Å². The lowest BCUT2D eigenvalue weighted by atomic mass is 9.68. The third-order valence-corrected chi connectivity index (χ3v) is 6.76. The number of hydrogen-bond donors (Lipinski definition) is 0. The monoisotopic (exact) mass is 525 g/mol. The number of carbonyl (C=O) groups is 2. The normalized spacial score (nSPS) is 20.7. The molecule has 5 rings (SSSR count). The number of Topliss-reactive ketones (excluding diaryl/α,β-unsaturated/α-hetero) is 1. The Bertz CT molecular complexity index is 1470. The lowest BCUT2D eigenvalue weighted by Gasteiger charge is -2.39. The molecule has 2 aromatic carbocycles. The molecule has 0 N–H and O–H groups in total. The molecule has 11 heteroatoms. The fraction of sp³-hybridized carbons (Fsp3) is 0.296. The van der Waals surface area contributed by atoms with E-state index in [1.54, 1.807) is 6.07 Å². The van der Waals surface area contributed by atoms with E-state index in [4.69, 9.17) is 4.42 Å². The number of non-ortho nitro benzene ring substituents is 1. The van der Waals surface area contributed by atoms with Crippen LogP contribution >= 0.6 is 0 Å². The van der Waals surface area contributed by atoms with E-state index in [9.17, 15) is 32.9 Å². The number of nitro groups is 1. The molecule has 3 aromatic rings. The van der Waals surface area contributed by atoms with Crippen LogP contribution in [0.4, 0.5) is 30.2 Å². The van der Waals surface area contributed by atoms with Gasteiger partial charge in [0.2, 0.25) is 0 Å². The third kappa shape index (κ3) is 4.48. The third-order valence-electron chi connectivity index (χ3n) is 6.76. The Labute approximate surface area is 214 Å². The zero-order chi connectivity index (χ0) is 27.4. The topological polar surface area (TPSA) is 106 Å². The van der Waals surface area contributed by atoms with Gasteiger partial charge < -0.3 is 4.42 Å². The van der Waals surface area contributed by atoms with Crippen molar-refractivity contribution in [2.24, 2.45) is 16.3 Å². The van der Waals surface area contributed by atoms with Crippen LogP contribution < -0.4 is 4.90 Å². The minimum Gasteiger partial charge on any atom is -0.459 e. The van der Waals surface area contributed by atoms with Gasteiger partial charge in [0.05, 0.1) is 22.2 Å². The molecule has 2 unspecified atom stereocenters. The van der Waals surface area contributed by atoms with Gasteiger partial charge in [-0.15, -0.1) is 0 Å². The van der Waals surface area contributed by atoms with Gasteiger partial charge in [0.25, 0.3) is 5.69 Å². The van der Waals surface area contributed by atoms with Crippen molar-refractivity contribution in [3.8, 4) is 11.3 Å². The molecule has 1 aliphatic heterocycles. The highest BCUT2D eigenvalue weighted by atomic mass is 19.4. The number of fused-ring (bicyclic) bond motifs is 2. The van der Waals surface area contributed by atoms with Crippen LogP contribution in [0, 0.1) is 21.4 Å². The Morgan fingerprint density at radius 1 is 1.08 bits per heavy atom. The number of anilines is 1. The maximum Gasteiger partial charge on any atom is 0.471 e. The molecule has 1 aliphatic carbocycles. The molecule has 2 heterocycles. The summed E-state index contributed by atoms with van der Waals surface area (Å²) in [4.78, 5) is 42.1. The van der Waals surface area contributed by atoms with Gasteiger partial charge in [-0.3, -0.25) is 29.6 Å². The Balaban J connectivity index is 1.69. The minimum atomic E-state index is -5.24. The van der Waals surface area contributed by atoms with Crippen LogP contribution in [0.2, 0.25) is 0 Å². The van der Waals surface area contributed by atoms with Crippen molar-refractivity contribution in [3.05, 3.63) is 76.5 Å². The van der Waals surface area contributed by atoms with E-state index >= 15 is 0 Å². The van der Waals surface area contributed by atoms with E-state index in [1.807, 2.05) is 13.8 Å². The summed E-state index contributed by atoms with van der Waals surface area (Å²) in [7, 11) is 0. The van der Waals surface area contributed by atoms with Crippen molar-refractivity contribution in [1.82, 2.24) is 0 Å². The van der Waals surface area contributed by atoms with Crippen molar-refractivity contribution in [1.29, 1.82) is 0 Å². The average molecular weight is 525 g/mol. The summed E-state index contributed by atoms with van der Waals surface area (Å²) in [5, 5.41) is 11.0. The Morgan fingerprint density at radius 2 is 1.76 bits per heavy atom. The number of alkyl halides is 3. The summed E-state index contributed by atoms with van der Waals surface area (Å²) in [5.41, 5.74) is 0.284. The number of benzene rings is 2. The van der Waals surface area contributed by atoms with Crippen LogP contribution in [0.15, 0.2) is 70.1 Å². The number of aliphatic imine (C=N–C) groups is 1. The van der Waals surface area contributed by atoms with Crippen molar-refractivity contribution in [3.63, 3.8) is 0 Å². The zero-order valence-electron chi connectivity index (χ0n) is 20.4. The molecule has 0 spiro atoms. The molecule has 0 saturated heterocycles. The molecule has 1 amide bonds. The number of carbonyl (C=O) groups excluding carboxylic acids is 2. The van der Waals surface area contributed by atoms with Gasteiger partial charge in [-0.1, -0.05) is 26.0 Å². The van der Waals surface area contributed by atoms with Crippen LogP contribution in [-0.2, 0) is 9.59 Å². The second-order valence-electron chi connectivity index (χ2n) is 10.2. The molecule has 8 nitrogen and oxygen atoms in total. The van der Waals surface area contributed by atoms with Crippen LogP contribution in [0.25, 0.3) is 11.3 Å². The number of para-hydroxylation sites is 2. The Morgan fingerprint density at radius 3 is 2.42 bits per heavy atom. The molecular formula is C27H22F3N3O5. The van der Waals surface area contributed by atoms with Crippen LogP contribution in [0.3, 0.4) is 0 Å². The molecule has 1 fully saturated rings. The maximum atomic E-state index is 14.0. The van der Waals surface area contributed by atoms with E-state index in [0.717, 1.165) is 0 Å². The molecule has 2 atom stereocenters. The molecule has 0 radical (unpaired) electrons. The summed E-state index contributed by atoms with van der Waals surface area (Å²) in [5.74, 6) is -3.45. The summed E-state index contributed by atoms with van der Waals surface area (Å²) < 4.78 is 47.9.